The second-order valence-corrected chi connectivity index (χ2v) is 11.6. The lowest BCUT2D eigenvalue weighted by atomic mass is 10.1. The van der Waals surface area contributed by atoms with E-state index in [1.807, 2.05) is 0 Å². The van der Waals surface area contributed by atoms with E-state index >= 15 is 4.39 Å². The standard InChI is InChI=1S/C20H23FN10O9P2/c21-9-13-7(37-19(9)30-5-28-10-15(22)24-3-26-17(10)30)1-35-42(34)40-14-8(2-36-41(33)39-13)38-20(12(14)32)31-6-29-11-16(23)25-4-27-18(11)31/h3-9,12-14,19-20,32,41-42H,1-2H2,(H2,22,24,26)(H2,23,25,27)/t7-,8-,9-,12-,13-,14-,19-,20-/m1/s1. The molecule has 3 aliphatic rings. The van der Waals surface area contributed by atoms with Gasteiger partial charge >= 0.3 is 16.5 Å². The molecule has 0 spiro atoms. The number of aliphatic hydroxyl groups excluding tert-OH is 1. The molecule has 224 valence electrons. The molecule has 0 radical (unpaired) electrons. The average molecular weight is 628 g/mol. The maximum Gasteiger partial charge on any atom is 0.319 e. The molecule has 3 aliphatic heterocycles. The van der Waals surface area contributed by atoms with Crippen LogP contribution < -0.4 is 11.5 Å². The highest BCUT2D eigenvalue weighted by molar-refractivity contribution is 7.33. The van der Waals surface area contributed by atoms with Crippen molar-refractivity contribution < 1.29 is 46.2 Å². The van der Waals surface area contributed by atoms with Crippen molar-refractivity contribution in [3.8, 4) is 0 Å². The van der Waals surface area contributed by atoms with Crippen LogP contribution in [-0.2, 0) is 36.7 Å². The summed E-state index contributed by atoms with van der Waals surface area (Å²) in [4.78, 5) is 24.2. The second kappa shape index (κ2) is 10.8. The molecule has 7 heterocycles. The van der Waals surface area contributed by atoms with Crippen molar-refractivity contribution >= 4 is 50.5 Å². The molecule has 3 saturated heterocycles. The Kier molecular flexibility index (Phi) is 7.12. The van der Waals surface area contributed by atoms with Gasteiger partial charge in [0.25, 0.3) is 0 Å². The van der Waals surface area contributed by atoms with Crippen molar-refractivity contribution in [1.29, 1.82) is 0 Å². The number of ether oxygens (including phenoxy) is 2. The molecule has 0 saturated carbocycles. The third-order valence-corrected chi connectivity index (χ3v) is 8.83. The SMILES string of the molecule is Nc1ncnc2c1ncn2[C@@H]1O[C@@H]2CO[PH](=O)O[C@H]3[C@@H](F)[C@H](n4cnc5c(N)ncnc54)O[C@@H]3CO[PH](=O)O[C@H]2[C@H]1O. The van der Waals surface area contributed by atoms with Crippen molar-refractivity contribution in [2.24, 2.45) is 0 Å². The number of nitrogens with zero attached hydrogens (tertiary/aromatic N) is 8. The maximum atomic E-state index is 15.8. The molecule has 3 fully saturated rings. The van der Waals surface area contributed by atoms with Gasteiger partial charge in [-0.15, -0.1) is 0 Å². The zero-order valence-electron chi connectivity index (χ0n) is 21.2. The molecule has 42 heavy (non-hydrogen) atoms. The summed E-state index contributed by atoms with van der Waals surface area (Å²) >= 11 is 0. The summed E-state index contributed by atoms with van der Waals surface area (Å²) in [7, 11) is -6.68. The van der Waals surface area contributed by atoms with E-state index in [4.69, 9.17) is 39.0 Å². The zero-order chi connectivity index (χ0) is 29.1. The third kappa shape index (κ3) is 4.64. The second-order valence-electron chi connectivity index (χ2n) is 9.52. The molecule has 4 aromatic rings. The van der Waals surface area contributed by atoms with Crippen LogP contribution in [0.1, 0.15) is 12.5 Å². The van der Waals surface area contributed by atoms with Gasteiger partial charge in [-0.3, -0.25) is 18.3 Å². The van der Waals surface area contributed by atoms with Crippen LogP contribution >= 0.6 is 16.5 Å². The van der Waals surface area contributed by atoms with Crippen molar-refractivity contribution in [3.05, 3.63) is 25.3 Å². The molecule has 4 aromatic heterocycles. The van der Waals surface area contributed by atoms with E-state index in [0.717, 1.165) is 0 Å². The monoisotopic (exact) mass is 628 g/mol. The number of hydrogen-bond donors (Lipinski definition) is 3. The molecule has 22 heteroatoms. The summed E-state index contributed by atoms with van der Waals surface area (Å²) in [6.07, 6.45) is -5.76. The number of rotatable bonds is 2. The Bertz CT molecular complexity index is 1570. The molecular weight excluding hydrogens is 605 g/mol. The van der Waals surface area contributed by atoms with Crippen LogP contribution in [0.15, 0.2) is 25.3 Å². The lowest BCUT2D eigenvalue weighted by molar-refractivity contribution is -0.0546. The predicted octanol–water partition coefficient (Wildman–Crippen LogP) is -0.0790. The number of aliphatic hydroxyl groups is 1. The number of nitrogens with two attached hydrogens (primary N) is 2. The van der Waals surface area contributed by atoms with Crippen LogP contribution in [0.3, 0.4) is 0 Å². The van der Waals surface area contributed by atoms with Gasteiger partial charge in [-0.05, 0) is 0 Å². The van der Waals surface area contributed by atoms with E-state index in [2.05, 4.69) is 29.9 Å². The van der Waals surface area contributed by atoms with Crippen LogP contribution in [0, 0.1) is 0 Å². The van der Waals surface area contributed by atoms with E-state index in [-0.39, 0.29) is 34.0 Å². The third-order valence-electron chi connectivity index (χ3n) is 7.09. The van der Waals surface area contributed by atoms with Gasteiger partial charge in [0.05, 0.1) is 25.9 Å². The van der Waals surface area contributed by atoms with Crippen LogP contribution in [0.2, 0.25) is 0 Å². The topological polar surface area (TPSA) is 249 Å². The van der Waals surface area contributed by atoms with Crippen molar-refractivity contribution in [3.63, 3.8) is 0 Å². The highest BCUT2D eigenvalue weighted by Crippen LogP contribution is 2.45. The van der Waals surface area contributed by atoms with Crippen molar-refractivity contribution in [1.82, 2.24) is 39.0 Å². The molecule has 0 aromatic carbocycles. The van der Waals surface area contributed by atoms with Gasteiger partial charge in [0.15, 0.2) is 41.6 Å². The normalized spacial score (nSPS) is 36.0. The molecule has 10 atom stereocenters. The number of imidazole rings is 2. The molecular formula is C20H23FN10O9P2. The zero-order valence-corrected chi connectivity index (χ0v) is 23.2. The minimum Gasteiger partial charge on any atom is -0.386 e. The molecule has 0 aliphatic carbocycles. The molecule has 2 unspecified atom stereocenters. The first-order chi connectivity index (χ1) is 20.3. The van der Waals surface area contributed by atoms with Gasteiger partial charge in [0.1, 0.15) is 54.2 Å². The van der Waals surface area contributed by atoms with Crippen LogP contribution in [-0.4, -0.2) is 94.0 Å². The summed E-state index contributed by atoms with van der Waals surface area (Å²) in [5, 5.41) is 11.1. The van der Waals surface area contributed by atoms with Gasteiger partial charge in [0, 0.05) is 0 Å². The first-order valence-corrected chi connectivity index (χ1v) is 14.9. The number of anilines is 2. The van der Waals surface area contributed by atoms with Crippen molar-refractivity contribution in [2.45, 2.75) is 49.1 Å². The number of nitrogen functional groups attached to an aromatic ring is 2. The minimum absolute atomic E-state index is 0.0863. The van der Waals surface area contributed by atoms with Crippen LogP contribution in [0.4, 0.5) is 16.0 Å². The van der Waals surface area contributed by atoms with Crippen molar-refractivity contribution in [2.75, 3.05) is 24.7 Å². The largest absolute Gasteiger partial charge is 0.386 e. The fourth-order valence-corrected chi connectivity index (χ4v) is 6.88. The molecule has 5 N–H and O–H groups in total. The van der Waals surface area contributed by atoms with E-state index in [1.165, 1.54) is 34.4 Å². The van der Waals surface area contributed by atoms with Gasteiger partial charge in [0.2, 0.25) is 0 Å². The Balaban J connectivity index is 1.12. The molecule has 0 amide bonds. The molecule has 7 rings (SSSR count). The number of aromatic nitrogens is 8. The van der Waals surface area contributed by atoms with E-state index < -0.39 is 78.9 Å². The Morgan fingerprint density at radius 1 is 0.786 bits per heavy atom. The lowest BCUT2D eigenvalue weighted by Crippen LogP contribution is -2.36. The van der Waals surface area contributed by atoms with Gasteiger partial charge in [-0.1, -0.05) is 0 Å². The minimum atomic E-state index is -3.36. The number of fused-ring (bicyclic) bond motifs is 4. The quantitative estimate of drug-likeness (QED) is 0.246. The fourth-order valence-electron chi connectivity index (χ4n) is 5.13. The van der Waals surface area contributed by atoms with E-state index in [9.17, 15) is 14.2 Å². The average Bonchev–Trinajstić information content (AvgIpc) is 3.73. The summed E-state index contributed by atoms with van der Waals surface area (Å²) in [6, 6.07) is 0. The summed E-state index contributed by atoms with van der Waals surface area (Å²) in [5.74, 6) is 0.203. The Labute approximate surface area is 235 Å². The first-order valence-electron chi connectivity index (χ1n) is 12.5. The molecule has 19 nitrogen and oxygen atoms in total. The Hall–Kier alpha value is -3.19. The summed E-state index contributed by atoms with van der Waals surface area (Å²) in [6.45, 7) is -0.908. The number of hydrogen-bond acceptors (Lipinski definition) is 17. The van der Waals surface area contributed by atoms with Crippen LogP contribution in [0.5, 0.6) is 0 Å². The maximum absolute atomic E-state index is 15.8. The Morgan fingerprint density at radius 3 is 1.88 bits per heavy atom. The highest BCUT2D eigenvalue weighted by Gasteiger charge is 2.51. The van der Waals surface area contributed by atoms with E-state index in [0.29, 0.717) is 0 Å². The lowest BCUT2D eigenvalue weighted by Gasteiger charge is -2.24. The number of alkyl halides is 1. The van der Waals surface area contributed by atoms with Gasteiger partial charge < -0.3 is 44.1 Å². The fraction of sp³-hybridized carbons (Fsp3) is 0.500. The smallest absolute Gasteiger partial charge is 0.319 e. The molecule has 0 bridgehead atoms. The first kappa shape index (κ1) is 27.6. The van der Waals surface area contributed by atoms with Gasteiger partial charge in [-0.2, -0.15) is 0 Å². The summed E-state index contributed by atoms with van der Waals surface area (Å²) in [5.41, 5.74) is 12.6. The highest BCUT2D eigenvalue weighted by atomic mass is 31.1. The van der Waals surface area contributed by atoms with Crippen LogP contribution in [0.25, 0.3) is 22.3 Å². The van der Waals surface area contributed by atoms with Gasteiger partial charge in [-0.25, -0.2) is 34.3 Å². The summed E-state index contributed by atoms with van der Waals surface area (Å²) < 4.78 is 77.7. The predicted molar refractivity (Wildman–Crippen MR) is 138 cm³/mol. The van der Waals surface area contributed by atoms with E-state index in [1.54, 1.807) is 0 Å². The number of halogens is 1. The Morgan fingerprint density at radius 2 is 1.29 bits per heavy atom.